The number of aliphatic carboxylic acids is 4. The van der Waals surface area contributed by atoms with Crippen molar-refractivity contribution in [2.75, 3.05) is 52.9 Å². The zero-order valence-electron chi connectivity index (χ0n) is 59.2. The molecular formula is C69H96Br4O28. The fraction of sp³-hybridized carbons (Fsp3) is 0.652. The van der Waals surface area contributed by atoms with E-state index in [0.717, 1.165) is 0 Å². The van der Waals surface area contributed by atoms with Crippen molar-refractivity contribution >= 4 is 158 Å². The van der Waals surface area contributed by atoms with Crippen molar-refractivity contribution in [3.63, 3.8) is 0 Å². The lowest BCUT2D eigenvalue weighted by Crippen LogP contribution is -2.47. The van der Waals surface area contributed by atoms with Gasteiger partial charge in [-0.1, -0.05) is 90.0 Å². The molecule has 0 spiro atoms. The predicted octanol–water partition coefficient (Wildman–Crippen LogP) is 9.54. The van der Waals surface area contributed by atoms with E-state index in [9.17, 15) is 97.1 Å². The van der Waals surface area contributed by atoms with Gasteiger partial charge in [0.05, 0.1) is 91.1 Å². The Balaban J connectivity index is 8.01. The van der Waals surface area contributed by atoms with Crippen LogP contribution in [0.2, 0.25) is 0 Å². The molecule has 0 rings (SSSR count). The number of carbonyl (C=O) groups excluding carboxylic acids is 12. The van der Waals surface area contributed by atoms with Gasteiger partial charge in [0.1, 0.15) is 55.0 Å². The molecule has 0 aromatic carbocycles. The number of ketones is 4. The molecule has 0 aliphatic heterocycles. The van der Waals surface area contributed by atoms with E-state index >= 15 is 0 Å². The highest BCUT2D eigenvalue weighted by Crippen LogP contribution is 2.38. The number of halogens is 4. The number of hydrogen-bond donors (Lipinski definition) is 4. The molecule has 0 aliphatic rings. The minimum atomic E-state index is -2.28. The lowest BCUT2D eigenvalue weighted by molar-refractivity contribution is -0.183. The van der Waals surface area contributed by atoms with Gasteiger partial charge in [-0.2, -0.15) is 0 Å². The number of carboxylic acids is 4. The molecule has 0 amide bonds. The Hall–Kier alpha value is -6.80. The Bertz CT molecular complexity index is 2700. The summed E-state index contributed by atoms with van der Waals surface area (Å²) in [5.41, 5.74) is -9.25. The smallest absolute Gasteiger partial charge is 0.333 e. The standard InChI is InChI=1S/C69H96Br4O28/c1-37(2)57(86)94-21-17-49(74)45(70)25-41(53(78)79)29-65(9,10)61(90)98-33-69(34-99-62(91)66(11,12)30-42(54(80)81)26-46(71)50(75)18-22-95-58(87)38(3)4,35-100-63(92)67(13,14)31-43(55(82)83)27-47(72)51(76)19-23-96-59(88)39(5)6)36-101-64(93)68(15,16)32-44(56(84)85)28-48(73)52(77)20-24-97-60(89)40(7)8/h41-48H,1,3,5,7,17-36H2,2,4,6,8-16H3,(H,78,79)(H,80,81)(H,82,83)(H,84,85). The van der Waals surface area contributed by atoms with E-state index in [-0.39, 0.29) is 74.4 Å². The fourth-order valence-electron chi connectivity index (χ4n) is 9.41. The number of Topliss-reactive ketones (excluding diaryl/α,β-unsaturated/α-hetero) is 4. The minimum Gasteiger partial charge on any atom is -0.481 e. The summed E-state index contributed by atoms with van der Waals surface area (Å²) >= 11 is 12.8. The summed E-state index contributed by atoms with van der Waals surface area (Å²) in [6, 6.07) is 0. The van der Waals surface area contributed by atoms with Crippen LogP contribution in [-0.4, -0.2) is 187 Å². The summed E-state index contributed by atoms with van der Waals surface area (Å²) in [7, 11) is 0. The van der Waals surface area contributed by atoms with Crippen LogP contribution in [0, 0.1) is 50.7 Å². The number of alkyl halides is 4. The van der Waals surface area contributed by atoms with Gasteiger partial charge in [-0.25, -0.2) is 19.2 Å². The maximum atomic E-state index is 14.6. The van der Waals surface area contributed by atoms with Crippen LogP contribution in [0.15, 0.2) is 48.6 Å². The van der Waals surface area contributed by atoms with Crippen molar-refractivity contribution in [2.24, 2.45) is 50.7 Å². The van der Waals surface area contributed by atoms with Crippen molar-refractivity contribution in [3.05, 3.63) is 48.6 Å². The van der Waals surface area contributed by atoms with Crippen LogP contribution in [0.25, 0.3) is 0 Å². The van der Waals surface area contributed by atoms with Crippen LogP contribution in [0.4, 0.5) is 0 Å². The molecule has 32 heteroatoms. The largest absolute Gasteiger partial charge is 0.481 e. The molecule has 0 radical (unpaired) electrons. The quantitative estimate of drug-likeness (QED) is 0.0190. The van der Waals surface area contributed by atoms with Crippen molar-refractivity contribution in [1.29, 1.82) is 0 Å². The summed E-state index contributed by atoms with van der Waals surface area (Å²) in [5.74, 6) is -21.6. The fourth-order valence-corrected chi connectivity index (χ4v) is 12.1. The first kappa shape index (κ1) is 94.2. The third-order valence-electron chi connectivity index (χ3n) is 15.8. The molecule has 0 aromatic rings. The highest BCUT2D eigenvalue weighted by atomic mass is 79.9. The zero-order chi connectivity index (χ0) is 78.5. The second kappa shape index (κ2) is 43.3. The van der Waals surface area contributed by atoms with E-state index in [4.69, 9.17) is 37.9 Å². The van der Waals surface area contributed by atoms with Crippen LogP contribution in [-0.2, 0) is 115 Å². The number of rotatable bonds is 52. The maximum Gasteiger partial charge on any atom is 0.333 e. The molecule has 101 heavy (non-hydrogen) atoms. The number of esters is 8. The number of carbonyl (C=O) groups is 16. The molecule has 8 atom stereocenters. The summed E-state index contributed by atoms with van der Waals surface area (Å²) < 4.78 is 43.7. The first-order valence-electron chi connectivity index (χ1n) is 31.8. The summed E-state index contributed by atoms with van der Waals surface area (Å²) in [4.78, 5) is 205. The van der Waals surface area contributed by atoms with E-state index < -0.39 is 243 Å². The maximum absolute atomic E-state index is 14.6. The minimum absolute atomic E-state index is 0.0663. The van der Waals surface area contributed by atoms with Crippen LogP contribution in [0.3, 0.4) is 0 Å². The molecular weight excluding hydrogens is 1600 g/mol. The van der Waals surface area contributed by atoms with Gasteiger partial charge in [0.15, 0.2) is 0 Å². The van der Waals surface area contributed by atoms with Gasteiger partial charge in [-0.05, 0) is 134 Å². The molecule has 0 fully saturated rings. The Kier molecular flexibility index (Phi) is 40.4. The van der Waals surface area contributed by atoms with E-state index in [1.807, 2.05) is 0 Å². The highest BCUT2D eigenvalue weighted by molar-refractivity contribution is 9.10. The Morgan fingerprint density at radius 3 is 0.604 bits per heavy atom. The molecule has 0 saturated carbocycles. The average Bonchev–Trinajstić information content (AvgIpc) is 0.817. The third kappa shape index (κ3) is 34.8. The van der Waals surface area contributed by atoms with E-state index in [1.165, 1.54) is 83.1 Å². The van der Waals surface area contributed by atoms with Gasteiger partial charge < -0.3 is 58.3 Å². The molecule has 568 valence electrons. The summed E-state index contributed by atoms with van der Waals surface area (Å²) in [5, 5.41) is 41.7. The Morgan fingerprint density at radius 2 is 0.465 bits per heavy atom. The normalized spacial score (nSPS) is 14.7. The van der Waals surface area contributed by atoms with Gasteiger partial charge in [0, 0.05) is 48.0 Å². The topological polar surface area (TPSA) is 428 Å². The van der Waals surface area contributed by atoms with Gasteiger partial charge >= 0.3 is 71.6 Å². The van der Waals surface area contributed by atoms with E-state index in [2.05, 4.69) is 90.0 Å². The molecule has 0 bridgehead atoms. The number of carboxylic acid groups (broad SMARTS) is 4. The monoisotopic (exact) mass is 1690 g/mol. The predicted molar refractivity (Wildman–Crippen MR) is 375 cm³/mol. The van der Waals surface area contributed by atoms with Crippen LogP contribution >= 0.6 is 63.7 Å². The van der Waals surface area contributed by atoms with Crippen molar-refractivity contribution in [1.82, 2.24) is 0 Å². The molecule has 0 aliphatic carbocycles. The molecule has 8 unspecified atom stereocenters. The molecule has 0 aromatic heterocycles. The van der Waals surface area contributed by atoms with E-state index in [1.54, 1.807) is 0 Å². The first-order valence-corrected chi connectivity index (χ1v) is 35.5. The third-order valence-corrected chi connectivity index (χ3v) is 19.3. The van der Waals surface area contributed by atoms with Crippen LogP contribution in [0.1, 0.15) is 160 Å². The lowest BCUT2D eigenvalue weighted by atomic mass is 9.80. The molecule has 0 heterocycles. The van der Waals surface area contributed by atoms with Crippen molar-refractivity contribution < 1.29 is 135 Å². The molecule has 0 saturated heterocycles. The lowest BCUT2D eigenvalue weighted by Gasteiger charge is -2.36. The average molecular weight is 1690 g/mol. The second-order valence-electron chi connectivity index (χ2n) is 27.6. The Morgan fingerprint density at radius 1 is 0.307 bits per heavy atom. The van der Waals surface area contributed by atoms with Crippen molar-refractivity contribution in [2.45, 2.75) is 179 Å². The Labute approximate surface area is 621 Å². The SMILES string of the molecule is C=C(C)C(=O)OCCC(=O)C(Br)CC(CC(C)(C)C(=O)OCC(COC(=O)C(C)(C)CC(CC(Br)C(=O)CCOC(=O)C(=C)C)C(=O)O)(COC(=O)C(C)(C)CC(CC(Br)C(=O)CCOC(=O)C(=C)C)C(=O)O)COC(=O)C(C)(C)CC(CC(Br)C(=O)CCOC(=O)C(=C)C)C(=O)O)C(=O)O. The first-order chi connectivity index (χ1) is 46.3. The highest BCUT2D eigenvalue weighted by Gasteiger charge is 2.47. The van der Waals surface area contributed by atoms with Crippen LogP contribution < -0.4 is 0 Å². The zero-order valence-corrected chi connectivity index (χ0v) is 65.5. The van der Waals surface area contributed by atoms with Gasteiger partial charge in [0.2, 0.25) is 0 Å². The summed E-state index contributed by atoms with van der Waals surface area (Å²) in [6.07, 6.45) is -5.05. The van der Waals surface area contributed by atoms with Crippen LogP contribution in [0.5, 0.6) is 0 Å². The number of hydrogen-bond acceptors (Lipinski definition) is 24. The van der Waals surface area contributed by atoms with Crippen molar-refractivity contribution in [3.8, 4) is 0 Å². The number of ether oxygens (including phenoxy) is 8. The van der Waals surface area contributed by atoms with Gasteiger partial charge in [0.25, 0.3) is 0 Å². The molecule has 28 nitrogen and oxygen atoms in total. The van der Waals surface area contributed by atoms with Gasteiger partial charge in [-0.3, -0.25) is 57.5 Å². The summed E-state index contributed by atoms with van der Waals surface area (Å²) in [6.45, 7) is 24.1. The van der Waals surface area contributed by atoms with Gasteiger partial charge in [-0.15, -0.1) is 0 Å². The molecule has 4 N–H and O–H groups in total. The second-order valence-corrected chi connectivity index (χ2v) is 32.1. The van der Waals surface area contributed by atoms with E-state index in [0.29, 0.717) is 0 Å².